The standard InChI is InChI=1S/C8H17NO/c1-8(10)4-2-7(6-9)3-5-8/h7,10H,2-6,9H2,1H3/t7-,8+. The molecule has 2 heteroatoms. The maximum Gasteiger partial charge on any atom is 0.0620 e. The van der Waals surface area contributed by atoms with Crippen LogP contribution in [0.3, 0.4) is 0 Å². The van der Waals surface area contributed by atoms with Crippen molar-refractivity contribution in [3.8, 4) is 0 Å². The number of hydrogen-bond acceptors (Lipinski definition) is 2. The molecule has 10 heavy (non-hydrogen) atoms. The van der Waals surface area contributed by atoms with Gasteiger partial charge in [0.25, 0.3) is 0 Å². The van der Waals surface area contributed by atoms with Crippen LogP contribution in [0.5, 0.6) is 0 Å². The lowest BCUT2D eigenvalue weighted by Crippen LogP contribution is -2.32. The van der Waals surface area contributed by atoms with Crippen LogP contribution < -0.4 is 5.73 Å². The van der Waals surface area contributed by atoms with Crippen LogP contribution in [0.4, 0.5) is 0 Å². The average molecular weight is 143 g/mol. The van der Waals surface area contributed by atoms with E-state index in [9.17, 15) is 5.11 Å². The van der Waals surface area contributed by atoms with Crippen molar-refractivity contribution in [1.82, 2.24) is 0 Å². The summed E-state index contributed by atoms with van der Waals surface area (Å²) in [6.45, 7) is 2.70. The fourth-order valence-electron chi connectivity index (χ4n) is 1.54. The maximum absolute atomic E-state index is 9.55. The molecule has 1 aliphatic rings. The largest absolute Gasteiger partial charge is 0.390 e. The van der Waals surface area contributed by atoms with Crippen LogP contribution in [-0.4, -0.2) is 17.3 Å². The molecular formula is C8H17NO. The van der Waals surface area contributed by atoms with Gasteiger partial charge in [0.05, 0.1) is 5.60 Å². The van der Waals surface area contributed by atoms with Crippen molar-refractivity contribution in [2.45, 2.75) is 38.2 Å². The summed E-state index contributed by atoms with van der Waals surface area (Å²) in [5.41, 5.74) is 5.11. The first-order valence-electron chi connectivity index (χ1n) is 4.06. The minimum absolute atomic E-state index is 0.397. The molecule has 0 amide bonds. The Bertz CT molecular complexity index is 102. The van der Waals surface area contributed by atoms with E-state index in [1.165, 1.54) is 0 Å². The third-order valence-electron chi connectivity index (χ3n) is 2.52. The first-order chi connectivity index (χ1) is 4.64. The van der Waals surface area contributed by atoms with Crippen LogP contribution >= 0.6 is 0 Å². The van der Waals surface area contributed by atoms with Gasteiger partial charge in [0.2, 0.25) is 0 Å². The Balaban J connectivity index is 2.31. The zero-order valence-corrected chi connectivity index (χ0v) is 6.64. The van der Waals surface area contributed by atoms with Crippen molar-refractivity contribution in [2.24, 2.45) is 11.7 Å². The van der Waals surface area contributed by atoms with Crippen LogP contribution in [0.15, 0.2) is 0 Å². The first-order valence-corrected chi connectivity index (χ1v) is 4.06. The number of nitrogens with two attached hydrogens (primary N) is 1. The molecule has 0 radical (unpaired) electrons. The van der Waals surface area contributed by atoms with Crippen LogP contribution in [0, 0.1) is 5.92 Å². The molecule has 1 aliphatic carbocycles. The smallest absolute Gasteiger partial charge is 0.0620 e. The molecule has 0 spiro atoms. The van der Waals surface area contributed by atoms with Crippen molar-refractivity contribution in [3.05, 3.63) is 0 Å². The molecule has 1 saturated carbocycles. The SMILES string of the molecule is C[C@]1(O)CC[C@@H](CN)CC1. The van der Waals surface area contributed by atoms with E-state index in [1.807, 2.05) is 6.92 Å². The number of aliphatic hydroxyl groups is 1. The molecule has 0 unspecified atom stereocenters. The number of hydrogen-bond donors (Lipinski definition) is 2. The molecule has 2 nitrogen and oxygen atoms in total. The van der Waals surface area contributed by atoms with Crippen LogP contribution in [0.25, 0.3) is 0 Å². The van der Waals surface area contributed by atoms with Crippen LogP contribution in [-0.2, 0) is 0 Å². The molecule has 0 heterocycles. The van der Waals surface area contributed by atoms with Gasteiger partial charge in [-0.15, -0.1) is 0 Å². The van der Waals surface area contributed by atoms with E-state index >= 15 is 0 Å². The third-order valence-corrected chi connectivity index (χ3v) is 2.52. The average Bonchev–Trinajstić information content (AvgIpc) is 1.88. The second kappa shape index (κ2) is 2.89. The highest BCUT2D eigenvalue weighted by Gasteiger charge is 2.27. The van der Waals surface area contributed by atoms with E-state index in [2.05, 4.69) is 0 Å². The minimum atomic E-state index is -0.397. The number of rotatable bonds is 1. The molecule has 1 rings (SSSR count). The van der Waals surface area contributed by atoms with Crippen molar-refractivity contribution < 1.29 is 5.11 Å². The molecule has 0 aromatic rings. The summed E-state index contributed by atoms with van der Waals surface area (Å²) in [5.74, 6) is 0.667. The Morgan fingerprint density at radius 1 is 1.50 bits per heavy atom. The molecule has 0 bridgehead atoms. The summed E-state index contributed by atoms with van der Waals surface area (Å²) in [4.78, 5) is 0. The predicted molar refractivity (Wildman–Crippen MR) is 41.6 cm³/mol. The Morgan fingerprint density at radius 2 is 2.00 bits per heavy atom. The lowest BCUT2D eigenvalue weighted by molar-refractivity contribution is 0.00928. The van der Waals surface area contributed by atoms with Gasteiger partial charge in [0, 0.05) is 0 Å². The van der Waals surface area contributed by atoms with Crippen LogP contribution in [0.2, 0.25) is 0 Å². The van der Waals surface area contributed by atoms with Gasteiger partial charge in [-0.1, -0.05) is 0 Å². The van der Waals surface area contributed by atoms with E-state index in [-0.39, 0.29) is 0 Å². The highest BCUT2D eigenvalue weighted by Crippen LogP contribution is 2.30. The van der Waals surface area contributed by atoms with E-state index in [4.69, 9.17) is 5.73 Å². The molecule has 0 saturated heterocycles. The maximum atomic E-state index is 9.55. The van der Waals surface area contributed by atoms with Crippen LogP contribution in [0.1, 0.15) is 32.6 Å². The Kier molecular flexibility index (Phi) is 2.32. The zero-order chi connectivity index (χ0) is 7.61. The zero-order valence-electron chi connectivity index (χ0n) is 6.64. The lowest BCUT2D eigenvalue weighted by atomic mass is 9.80. The fraction of sp³-hybridized carbons (Fsp3) is 1.00. The first kappa shape index (κ1) is 8.02. The molecule has 1 fully saturated rings. The predicted octanol–water partition coefficient (Wildman–Crippen LogP) is 0.886. The Labute approximate surface area is 62.4 Å². The van der Waals surface area contributed by atoms with Gasteiger partial charge in [-0.05, 0) is 45.1 Å². The van der Waals surface area contributed by atoms with E-state index < -0.39 is 5.60 Å². The van der Waals surface area contributed by atoms with Gasteiger partial charge in [-0.25, -0.2) is 0 Å². The third kappa shape index (κ3) is 1.96. The van der Waals surface area contributed by atoms with Gasteiger partial charge >= 0.3 is 0 Å². The van der Waals surface area contributed by atoms with Gasteiger partial charge in [0.1, 0.15) is 0 Å². The normalized spacial score (nSPS) is 41.7. The monoisotopic (exact) mass is 143 g/mol. The highest BCUT2D eigenvalue weighted by molar-refractivity contribution is 4.81. The van der Waals surface area contributed by atoms with Gasteiger partial charge in [-0.2, -0.15) is 0 Å². The minimum Gasteiger partial charge on any atom is -0.390 e. The molecule has 0 aromatic heterocycles. The molecule has 3 N–H and O–H groups in total. The summed E-state index contributed by atoms with van der Waals surface area (Å²) in [6.07, 6.45) is 4.05. The summed E-state index contributed by atoms with van der Waals surface area (Å²) in [7, 11) is 0. The fourth-order valence-corrected chi connectivity index (χ4v) is 1.54. The van der Waals surface area contributed by atoms with E-state index in [0.29, 0.717) is 5.92 Å². The van der Waals surface area contributed by atoms with Gasteiger partial charge in [-0.3, -0.25) is 0 Å². The summed E-state index contributed by atoms with van der Waals surface area (Å²) < 4.78 is 0. The highest BCUT2D eigenvalue weighted by atomic mass is 16.3. The van der Waals surface area contributed by atoms with E-state index in [1.54, 1.807) is 0 Å². The molecule has 0 atom stereocenters. The summed E-state index contributed by atoms with van der Waals surface area (Å²) in [5, 5.41) is 9.55. The Morgan fingerprint density at radius 3 is 2.40 bits per heavy atom. The topological polar surface area (TPSA) is 46.2 Å². The molecule has 0 aromatic carbocycles. The molecule has 60 valence electrons. The quantitative estimate of drug-likeness (QED) is 0.572. The summed E-state index contributed by atoms with van der Waals surface area (Å²) in [6, 6.07) is 0. The van der Waals surface area contributed by atoms with Gasteiger partial charge in [0.15, 0.2) is 0 Å². The van der Waals surface area contributed by atoms with E-state index in [0.717, 1.165) is 32.2 Å². The lowest BCUT2D eigenvalue weighted by Gasteiger charge is -2.32. The molecule has 0 aliphatic heterocycles. The van der Waals surface area contributed by atoms with Crippen molar-refractivity contribution >= 4 is 0 Å². The second-order valence-corrected chi connectivity index (χ2v) is 3.68. The van der Waals surface area contributed by atoms with Crippen molar-refractivity contribution in [1.29, 1.82) is 0 Å². The van der Waals surface area contributed by atoms with Gasteiger partial charge < -0.3 is 10.8 Å². The molecular weight excluding hydrogens is 126 g/mol. The Hall–Kier alpha value is -0.0800. The summed E-state index contributed by atoms with van der Waals surface area (Å²) >= 11 is 0. The van der Waals surface area contributed by atoms with Crippen molar-refractivity contribution in [2.75, 3.05) is 6.54 Å². The second-order valence-electron chi connectivity index (χ2n) is 3.68. The van der Waals surface area contributed by atoms with Crippen molar-refractivity contribution in [3.63, 3.8) is 0 Å².